The van der Waals surface area contributed by atoms with Crippen LogP contribution in [0, 0.1) is 6.92 Å². The molecule has 0 aromatic heterocycles. The molecule has 0 bridgehead atoms. The Hall–Kier alpha value is -2.04. The molecule has 0 saturated carbocycles. The van der Waals surface area contributed by atoms with Crippen LogP contribution in [0.25, 0.3) is 0 Å². The molecule has 5 nitrogen and oxygen atoms in total. The van der Waals surface area contributed by atoms with Crippen LogP contribution in [0.5, 0.6) is 5.75 Å². The van der Waals surface area contributed by atoms with Gasteiger partial charge in [0.15, 0.2) is 0 Å². The number of ether oxygens (including phenoxy) is 1. The quantitative estimate of drug-likeness (QED) is 0.626. The first kappa shape index (κ1) is 14.0. The van der Waals surface area contributed by atoms with E-state index in [1.54, 1.807) is 45.9 Å². The van der Waals surface area contributed by atoms with E-state index in [1.165, 1.54) is 6.21 Å². The largest absolute Gasteiger partial charge is 0.508 e. The number of carbonyl (C=O) groups excluding carboxylic acids is 1. The number of rotatable bonds is 2. The maximum atomic E-state index is 11.3. The lowest BCUT2D eigenvalue weighted by atomic mass is 10.1. The van der Waals surface area contributed by atoms with Gasteiger partial charge in [-0.05, 0) is 57.0 Å². The number of nitrogens with zero attached hydrogens (tertiary/aromatic N) is 1. The molecule has 0 radical (unpaired) electrons. The molecule has 1 amide bonds. The number of hydrogen-bond acceptors (Lipinski definition) is 4. The Morgan fingerprint density at radius 2 is 2.11 bits per heavy atom. The van der Waals surface area contributed by atoms with E-state index in [9.17, 15) is 9.90 Å². The first-order chi connectivity index (χ1) is 8.28. The van der Waals surface area contributed by atoms with Crippen LogP contribution in [0.3, 0.4) is 0 Å². The van der Waals surface area contributed by atoms with Gasteiger partial charge in [0.25, 0.3) is 0 Å². The molecule has 98 valence electrons. The molecule has 18 heavy (non-hydrogen) atoms. The van der Waals surface area contributed by atoms with E-state index in [-0.39, 0.29) is 5.75 Å². The summed E-state index contributed by atoms with van der Waals surface area (Å²) < 4.78 is 5.01. The summed E-state index contributed by atoms with van der Waals surface area (Å²) in [6.07, 6.45) is 0.880. The highest BCUT2D eigenvalue weighted by molar-refractivity contribution is 5.81. The number of phenols is 1. The van der Waals surface area contributed by atoms with Crippen molar-refractivity contribution in [1.82, 2.24) is 5.43 Å². The number of carbonyl (C=O) groups is 1. The Kier molecular flexibility index (Phi) is 4.31. The van der Waals surface area contributed by atoms with Crippen molar-refractivity contribution in [2.24, 2.45) is 5.10 Å². The maximum absolute atomic E-state index is 11.3. The predicted molar refractivity (Wildman–Crippen MR) is 69.8 cm³/mol. The topological polar surface area (TPSA) is 70.9 Å². The van der Waals surface area contributed by atoms with Gasteiger partial charge in [-0.15, -0.1) is 0 Å². The van der Waals surface area contributed by atoms with Gasteiger partial charge in [0.05, 0.1) is 6.21 Å². The summed E-state index contributed by atoms with van der Waals surface area (Å²) in [6, 6.07) is 5.03. The van der Waals surface area contributed by atoms with E-state index in [2.05, 4.69) is 10.5 Å². The molecule has 0 aliphatic rings. The van der Waals surface area contributed by atoms with E-state index < -0.39 is 11.7 Å². The summed E-state index contributed by atoms with van der Waals surface area (Å²) in [6.45, 7) is 7.12. The number of amides is 1. The van der Waals surface area contributed by atoms with Gasteiger partial charge in [-0.1, -0.05) is 0 Å². The second-order valence-electron chi connectivity index (χ2n) is 4.92. The number of benzene rings is 1. The van der Waals surface area contributed by atoms with E-state index in [0.29, 0.717) is 0 Å². The lowest BCUT2D eigenvalue weighted by Crippen LogP contribution is -2.29. The Morgan fingerprint density at radius 1 is 1.44 bits per heavy atom. The van der Waals surface area contributed by atoms with Crippen molar-refractivity contribution in [3.8, 4) is 5.75 Å². The summed E-state index contributed by atoms with van der Waals surface area (Å²) in [5, 5.41) is 13.1. The first-order valence-electron chi connectivity index (χ1n) is 5.59. The molecule has 0 aliphatic carbocycles. The van der Waals surface area contributed by atoms with Crippen LogP contribution in [0.4, 0.5) is 4.79 Å². The van der Waals surface area contributed by atoms with Gasteiger partial charge in [-0.3, -0.25) is 0 Å². The minimum atomic E-state index is -0.603. The SMILES string of the molecule is Cc1cc(C=NNC(=O)OC(C)(C)C)ccc1O. The average Bonchev–Trinajstić information content (AvgIpc) is 2.20. The minimum Gasteiger partial charge on any atom is -0.508 e. The molecule has 0 aliphatic heterocycles. The van der Waals surface area contributed by atoms with Crippen LogP contribution in [-0.2, 0) is 4.74 Å². The highest BCUT2D eigenvalue weighted by Crippen LogP contribution is 2.15. The van der Waals surface area contributed by atoms with Crippen molar-refractivity contribution in [3.63, 3.8) is 0 Å². The lowest BCUT2D eigenvalue weighted by molar-refractivity contribution is 0.0529. The molecule has 0 atom stereocenters. The molecule has 0 saturated heterocycles. The molecule has 2 N–H and O–H groups in total. The van der Waals surface area contributed by atoms with E-state index in [0.717, 1.165) is 11.1 Å². The van der Waals surface area contributed by atoms with Crippen LogP contribution in [-0.4, -0.2) is 23.0 Å². The van der Waals surface area contributed by atoms with Crippen molar-refractivity contribution >= 4 is 12.3 Å². The molecule has 1 aromatic carbocycles. The molecule has 5 heteroatoms. The molecule has 0 heterocycles. The van der Waals surface area contributed by atoms with Gasteiger partial charge in [0, 0.05) is 0 Å². The van der Waals surface area contributed by atoms with Crippen LogP contribution in [0.2, 0.25) is 0 Å². The Bertz CT molecular complexity index is 462. The number of hydrogen-bond donors (Lipinski definition) is 2. The van der Waals surface area contributed by atoms with Crippen molar-refractivity contribution in [3.05, 3.63) is 29.3 Å². The highest BCUT2D eigenvalue weighted by atomic mass is 16.6. The number of aryl methyl sites for hydroxylation is 1. The fourth-order valence-corrected chi connectivity index (χ4v) is 1.22. The molecule has 1 rings (SSSR count). The van der Waals surface area contributed by atoms with Gasteiger partial charge in [-0.2, -0.15) is 5.10 Å². The summed E-state index contributed by atoms with van der Waals surface area (Å²) in [4.78, 5) is 11.3. The fourth-order valence-electron chi connectivity index (χ4n) is 1.22. The summed E-state index contributed by atoms with van der Waals surface area (Å²) in [7, 11) is 0. The number of aromatic hydroxyl groups is 1. The van der Waals surface area contributed by atoms with E-state index in [4.69, 9.17) is 4.74 Å². The molecule has 0 spiro atoms. The number of phenolic OH excluding ortho intramolecular Hbond substituents is 1. The number of hydrazone groups is 1. The Morgan fingerprint density at radius 3 is 2.67 bits per heavy atom. The summed E-state index contributed by atoms with van der Waals surface area (Å²) in [5.41, 5.74) is 3.25. The van der Waals surface area contributed by atoms with Gasteiger partial charge in [-0.25, -0.2) is 10.2 Å². The number of nitrogens with one attached hydrogen (secondary N) is 1. The molecular formula is C13H18N2O3. The highest BCUT2D eigenvalue weighted by Gasteiger charge is 2.15. The van der Waals surface area contributed by atoms with E-state index in [1.807, 2.05) is 0 Å². The van der Waals surface area contributed by atoms with Gasteiger partial charge in [0.2, 0.25) is 0 Å². The minimum absolute atomic E-state index is 0.229. The lowest BCUT2D eigenvalue weighted by Gasteiger charge is -2.18. The van der Waals surface area contributed by atoms with Crippen LogP contribution >= 0.6 is 0 Å². The third-order valence-corrected chi connectivity index (χ3v) is 1.99. The van der Waals surface area contributed by atoms with Crippen molar-refractivity contribution in [2.45, 2.75) is 33.3 Å². The molecule has 1 aromatic rings. The first-order valence-corrected chi connectivity index (χ1v) is 5.59. The Balaban J connectivity index is 2.55. The fraction of sp³-hybridized carbons (Fsp3) is 0.385. The second kappa shape index (κ2) is 5.53. The zero-order valence-electron chi connectivity index (χ0n) is 11.0. The standard InChI is InChI=1S/C13H18N2O3/c1-9-7-10(5-6-11(9)16)8-14-15-12(17)18-13(2,3)4/h5-8,16H,1-4H3,(H,15,17). The van der Waals surface area contributed by atoms with Crippen LogP contribution in [0.15, 0.2) is 23.3 Å². The van der Waals surface area contributed by atoms with Crippen LogP contribution in [0.1, 0.15) is 31.9 Å². The smallest absolute Gasteiger partial charge is 0.428 e. The third-order valence-electron chi connectivity index (χ3n) is 1.99. The normalized spacial score (nSPS) is 11.6. The van der Waals surface area contributed by atoms with Gasteiger partial charge in [0.1, 0.15) is 11.4 Å². The van der Waals surface area contributed by atoms with Gasteiger partial charge >= 0.3 is 6.09 Å². The zero-order chi connectivity index (χ0) is 13.8. The third kappa shape index (κ3) is 4.86. The van der Waals surface area contributed by atoms with Crippen molar-refractivity contribution in [2.75, 3.05) is 0 Å². The van der Waals surface area contributed by atoms with Gasteiger partial charge < -0.3 is 9.84 Å². The van der Waals surface area contributed by atoms with Crippen molar-refractivity contribution in [1.29, 1.82) is 0 Å². The van der Waals surface area contributed by atoms with Crippen LogP contribution < -0.4 is 5.43 Å². The molecule has 0 fully saturated rings. The Labute approximate surface area is 106 Å². The second-order valence-corrected chi connectivity index (χ2v) is 4.92. The monoisotopic (exact) mass is 250 g/mol. The average molecular weight is 250 g/mol. The summed E-state index contributed by atoms with van der Waals surface area (Å²) >= 11 is 0. The molecular weight excluding hydrogens is 232 g/mol. The zero-order valence-corrected chi connectivity index (χ0v) is 11.0. The summed E-state index contributed by atoms with van der Waals surface area (Å²) in [5.74, 6) is 0.229. The van der Waals surface area contributed by atoms with Crippen molar-refractivity contribution < 1.29 is 14.6 Å². The van der Waals surface area contributed by atoms with E-state index >= 15 is 0 Å². The maximum Gasteiger partial charge on any atom is 0.428 e. The molecule has 0 unspecified atom stereocenters. The predicted octanol–water partition coefficient (Wildman–Crippen LogP) is 2.56.